The summed E-state index contributed by atoms with van der Waals surface area (Å²) in [6.07, 6.45) is 0.168. The van der Waals surface area contributed by atoms with E-state index in [0.717, 1.165) is 16.4 Å². The predicted molar refractivity (Wildman–Crippen MR) is 98.9 cm³/mol. The number of ether oxygens (including phenoxy) is 1. The van der Waals surface area contributed by atoms with Gasteiger partial charge in [0.1, 0.15) is 11.6 Å². The lowest BCUT2D eigenvalue weighted by Crippen LogP contribution is -2.28. The standard InChI is InChI=1S/C18H19FN2O6S/c1-13-12-15(7-10-17(13)21(23)24)27-18(22)4-3-11-20(2)28(25,26)16-8-5-14(19)6-9-16/h5-10,12H,3-4,11H2,1-2H3. The highest BCUT2D eigenvalue weighted by atomic mass is 32.2. The first kappa shape index (κ1) is 21.5. The molecule has 0 amide bonds. The Hall–Kier alpha value is -2.85. The Kier molecular flexibility index (Phi) is 6.81. The van der Waals surface area contributed by atoms with Crippen molar-refractivity contribution in [2.75, 3.05) is 13.6 Å². The molecule has 0 heterocycles. The molecule has 8 nitrogen and oxygen atoms in total. The van der Waals surface area contributed by atoms with Crippen LogP contribution in [0.25, 0.3) is 0 Å². The van der Waals surface area contributed by atoms with E-state index in [9.17, 15) is 27.7 Å². The second-order valence-corrected chi connectivity index (χ2v) is 8.11. The molecule has 10 heteroatoms. The van der Waals surface area contributed by atoms with Crippen molar-refractivity contribution in [1.29, 1.82) is 0 Å². The van der Waals surface area contributed by atoms with Crippen LogP contribution >= 0.6 is 0 Å². The molecule has 28 heavy (non-hydrogen) atoms. The van der Waals surface area contributed by atoms with Crippen molar-refractivity contribution in [3.63, 3.8) is 0 Å². The minimum atomic E-state index is -3.78. The number of benzene rings is 2. The molecule has 0 fully saturated rings. The Bertz CT molecular complexity index is 976. The first-order chi connectivity index (χ1) is 13.1. The van der Waals surface area contributed by atoms with E-state index in [4.69, 9.17) is 4.74 Å². The number of hydrogen-bond acceptors (Lipinski definition) is 6. The average molecular weight is 410 g/mol. The van der Waals surface area contributed by atoms with E-state index in [1.54, 1.807) is 0 Å². The zero-order chi connectivity index (χ0) is 20.9. The molecule has 2 aromatic rings. The van der Waals surface area contributed by atoms with Gasteiger partial charge in [0.25, 0.3) is 5.69 Å². The molecule has 2 rings (SSSR count). The van der Waals surface area contributed by atoms with Crippen molar-refractivity contribution in [2.24, 2.45) is 0 Å². The third-order valence-electron chi connectivity index (χ3n) is 3.97. The van der Waals surface area contributed by atoms with Crippen molar-refractivity contribution < 1.29 is 27.3 Å². The number of esters is 1. The van der Waals surface area contributed by atoms with Gasteiger partial charge in [-0.15, -0.1) is 0 Å². The fraction of sp³-hybridized carbons (Fsp3) is 0.278. The molecular formula is C18H19FN2O6S. The van der Waals surface area contributed by atoms with Crippen LogP contribution in [0.3, 0.4) is 0 Å². The van der Waals surface area contributed by atoms with Crippen LogP contribution in [0.4, 0.5) is 10.1 Å². The Morgan fingerprint density at radius 3 is 2.43 bits per heavy atom. The van der Waals surface area contributed by atoms with Gasteiger partial charge < -0.3 is 4.74 Å². The topological polar surface area (TPSA) is 107 Å². The number of nitro benzene ring substituents is 1. The monoisotopic (exact) mass is 410 g/mol. The molecule has 0 N–H and O–H groups in total. The van der Waals surface area contributed by atoms with Crippen LogP contribution in [0.15, 0.2) is 47.4 Å². The van der Waals surface area contributed by atoms with Crippen molar-refractivity contribution in [3.05, 3.63) is 64.0 Å². The summed E-state index contributed by atoms with van der Waals surface area (Å²) >= 11 is 0. The van der Waals surface area contributed by atoms with Crippen LogP contribution in [0.2, 0.25) is 0 Å². The van der Waals surface area contributed by atoms with Crippen LogP contribution in [-0.2, 0) is 14.8 Å². The van der Waals surface area contributed by atoms with Crippen molar-refractivity contribution in [1.82, 2.24) is 4.31 Å². The van der Waals surface area contributed by atoms with Gasteiger partial charge in [-0.2, -0.15) is 0 Å². The summed E-state index contributed by atoms with van der Waals surface area (Å²) < 4.78 is 43.9. The quantitative estimate of drug-likeness (QED) is 0.287. The predicted octanol–water partition coefficient (Wildman–Crippen LogP) is 3.05. The number of carbonyl (C=O) groups is 1. The van der Waals surface area contributed by atoms with E-state index in [1.807, 2.05) is 0 Å². The Morgan fingerprint density at radius 2 is 1.86 bits per heavy atom. The zero-order valence-electron chi connectivity index (χ0n) is 15.3. The Morgan fingerprint density at radius 1 is 1.21 bits per heavy atom. The average Bonchev–Trinajstić information content (AvgIpc) is 2.61. The molecule has 0 radical (unpaired) electrons. The number of nitro groups is 1. The second-order valence-electron chi connectivity index (χ2n) is 6.06. The van der Waals surface area contributed by atoms with Crippen molar-refractivity contribution in [3.8, 4) is 5.75 Å². The third kappa shape index (κ3) is 5.33. The number of hydrogen-bond donors (Lipinski definition) is 0. The first-order valence-electron chi connectivity index (χ1n) is 8.29. The molecule has 0 bridgehead atoms. The minimum Gasteiger partial charge on any atom is -0.427 e. The SMILES string of the molecule is Cc1cc(OC(=O)CCCN(C)S(=O)(=O)c2ccc(F)cc2)ccc1[N+](=O)[O-]. The first-order valence-corrected chi connectivity index (χ1v) is 9.73. The van der Waals surface area contributed by atoms with Gasteiger partial charge in [0.2, 0.25) is 10.0 Å². The maximum absolute atomic E-state index is 12.9. The highest BCUT2D eigenvalue weighted by Gasteiger charge is 2.21. The number of halogens is 1. The van der Waals surface area contributed by atoms with E-state index in [0.29, 0.717) is 5.56 Å². The summed E-state index contributed by atoms with van der Waals surface area (Å²) in [5.74, 6) is -0.938. The van der Waals surface area contributed by atoms with Gasteiger partial charge in [-0.25, -0.2) is 17.1 Å². The number of sulfonamides is 1. The van der Waals surface area contributed by atoms with Gasteiger partial charge in [-0.1, -0.05) is 0 Å². The number of aryl methyl sites for hydroxylation is 1. The second kappa shape index (κ2) is 8.89. The summed E-state index contributed by atoms with van der Waals surface area (Å²) in [5, 5.41) is 10.8. The molecule has 0 saturated carbocycles. The van der Waals surface area contributed by atoms with E-state index in [2.05, 4.69) is 0 Å². The third-order valence-corrected chi connectivity index (χ3v) is 5.84. The molecule has 0 atom stereocenters. The maximum atomic E-state index is 12.9. The summed E-state index contributed by atoms with van der Waals surface area (Å²) in [6, 6.07) is 8.43. The minimum absolute atomic E-state index is 0.0414. The van der Waals surface area contributed by atoms with Gasteiger partial charge in [0.05, 0.1) is 9.82 Å². The molecule has 0 aliphatic carbocycles. The Labute approximate surface area is 161 Å². The van der Waals surface area contributed by atoms with Crippen LogP contribution in [0.5, 0.6) is 5.75 Å². The Balaban J connectivity index is 1.88. The van der Waals surface area contributed by atoms with Gasteiger partial charge in [0.15, 0.2) is 0 Å². The number of carbonyl (C=O) groups excluding carboxylic acids is 1. The summed E-state index contributed by atoms with van der Waals surface area (Å²) in [4.78, 5) is 22.1. The normalized spacial score (nSPS) is 11.4. The van der Waals surface area contributed by atoms with Crippen molar-refractivity contribution in [2.45, 2.75) is 24.7 Å². The van der Waals surface area contributed by atoms with Crippen LogP contribution < -0.4 is 4.74 Å². The van der Waals surface area contributed by atoms with Crippen LogP contribution in [-0.4, -0.2) is 37.2 Å². The molecule has 150 valence electrons. The highest BCUT2D eigenvalue weighted by molar-refractivity contribution is 7.89. The molecule has 0 saturated heterocycles. The van der Waals surface area contributed by atoms with E-state index >= 15 is 0 Å². The van der Waals surface area contributed by atoms with Gasteiger partial charge >= 0.3 is 5.97 Å². The van der Waals surface area contributed by atoms with Crippen molar-refractivity contribution >= 4 is 21.7 Å². The van der Waals surface area contributed by atoms with E-state index in [1.165, 1.54) is 44.3 Å². The highest BCUT2D eigenvalue weighted by Crippen LogP contribution is 2.23. The van der Waals surface area contributed by atoms with Crippen LogP contribution in [0, 0.1) is 22.9 Å². The number of rotatable bonds is 8. The van der Waals surface area contributed by atoms with Crippen LogP contribution in [0.1, 0.15) is 18.4 Å². The van der Waals surface area contributed by atoms with E-state index < -0.39 is 26.7 Å². The fourth-order valence-electron chi connectivity index (χ4n) is 2.43. The molecule has 0 spiro atoms. The van der Waals surface area contributed by atoms with Gasteiger partial charge in [0, 0.05) is 31.6 Å². The fourth-order valence-corrected chi connectivity index (χ4v) is 3.64. The molecular weight excluding hydrogens is 391 g/mol. The lowest BCUT2D eigenvalue weighted by atomic mass is 10.2. The molecule has 2 aromatic carbocycles. The number of nitrogens with zero attached hydrogens (tertiary/aromatic N) is 2. The van der Waals surface area contributed by atoms with E-state index in [-0.39, 0.29) is 35.7 Å². The summed E-state index contributed by atoms with van der Waals surface area (Å²) in [6.45, 7) is 1.60. The zero-order valence-corrected chi connectivity index (χ0v) is 16.1. The molecule has 0 unspecified atom stereocenters. The summed E-state index contributed by atoms with van der Waals surface area (Å²) in [5.41, 5.74) is 0.285. The lowest BCUT2D eigenvalue weighted by Gasteiger charge is -2.17. The molecule has 0 aliphatic heterocycles. The molecule has 0 aliphatic rings. The smallest absolute Gasteiger partial charge is 0.311 e. The maximum Gasteiger partial charge on any atom is 0.311 e. The lowest BCUT2D eigenvalue weighted by molar-refractivity contribution is -0.385. The largest absolute Gasteiger partial charge is 0.427 e. The van der Waals surface area contributed by atoms with Gasteiger partial charge in [-0.3, -0.25) is 14.9 Å². The van der Waals surface area contributed by atoms with Gasteiger partial charge in [-0.05, 0) is 49.7 Å². The molecule has 0 aromatic heterocycles. The summed E-state index contributed by atoms with van der Waals surface area (Å²) in [7, 11) is -2.42.